The van der Waals surface area contributed by atoms with Crippen LogP contribution in [0.5, 0.6) is 0 Å². The highest BCUT2D eigenvalue weighted by molar-refractivity contribution is 6.05. The molecular formula is C25H22N4O2. The lowest BCUT2D eigenvalue weighted by Gasteiger charge is -2.12. The van der Waals surface area contributed by atoms with E-state index >= 15 is 0 Å². The fraction of sp³-hybridized carbons (Fsp3) is 0.120. The van der Waals surface area contributed by atoms with Crippen LogP contribution in [0.3, 0.4) is 0 Å². The molecule has 31 heavy (non-hydrogen) atoms. The van der Waals surface area contributed by atoms with Gasteiger partial charge < -0.3 is 14.3 Å². The molecule has 5 aromatic rings. The summed E-state index contributed by atoms with van der Waals surface area (Å²) >= 11 is 0. The normalized spacial score (nSPS) is 11.1. The summed E-state index contributed by atoms with van der Waals surface area (Å²) in [5.74, 6) is 0.297. The Hall–Kier alpha value is -4.06. The molecule has 6 nitrogen and oxygen atoms in total. The van der Waals surface area contributed by atoms with E-state index in [-0.39, 0.29) is 5.91 Å². The van der Waals surface area contributed by atoms with Crippen LogP contribution < -0.4 is 5.32 Å². The van der Waals surface area contributed by atoms with Gasteiger partial charge in [-0.15, -0.1) is 0 Å². The molecule has 0 fully saturated rings. The Morgan fingerprint density at radius 2 is 1.81 bits per heavy atom. The molecule has 3 aromatic heterocycles. The molecule has 0 radical (unpaired) electrons. The highest BCUT2D eigenvalue weighted by Gasteiger charge is 2.19. The molecule has 2 aromatic carbocycles. The Kier molecular flexibility index (Phi) is 4.88. The minimum atomic E-state index is -0.218. The van der Waals surface area contributed by atoms with Crippen molar-refractivity contribution in [2.24, 2.45) is 0 Å². The average molecular weight is 410 g/mol. The number of nitrogens with zero attached hydrogens (tertiary/aromatic N) is 3. The molecule has 0 aliphatic heterocycles. The van der Waals surface area contributed by atoms with Crippen LogP contribution in [0.15, 0.2) is 89.7 Å². The molecule has 5 rings (SSSR count). The smallest absolute Gasteiger partial charge is 0.273 e. The Labute approximate surface area is 179 Å². The number of aryl methyl sites for hydroxylation is 1. The Balaban J connectivity index is 1.39. The number of anilines is 1. The maximum Gasteiger partial charge on any atom is 0.273 e. The first-order valence-corrected chi connectivity index (χ1v) is 10.2. The third kappa shape index (κ3) is 3.88. The van der Waals surface area contributed by atoms with Gasteiger partial charge in [-0.1, -0.05) is 54.6 Å². The lowest BCUT2D eigenvalue weighted by Crippen LogP contribution is -2.18. The standard InChI is InChI=1S/C25H22N4O2/c1-18-7-5-6-10-20(18)17-29-21-12-14-31-23(21)15-22(29)25(30)26-24-11-13-28(27-24)16-19-8-3-2-4-9-19/h2-15H,16-17H2,1H3,(H,26,27,30). The number of nitrogens with one attached hydrogen (secondary N) is 1. The van der Waals surface area contributed by atoms with Gasteiger partial charge in [0, 0.05) is 30.9 Å². The molecule has 0 spiro atoms. The van der Waals surface area contributed by atoms with E-state index in [9.17, 15) is 4.79 Å². The number of carbonyl (C=O) groups excluding carboxylic acids is 1. The summed E-state index contributed by atoms with van der Waals surface area (Å²) in [5.41, 5.74) is 5.60. The van der Waals surface area contributed by atoms with Crippen molar-refractivity contribution in [3.8, 4) is 0 Å². The molecule has 0 bridgehead atoms. The van der Waals surface area contributed by atoms with Gasteiger partial charge in [-0.2, -0.15) is 5.10 Å². The van der Waals surface area contributed by atoms with E-state index in [0.29, 0.717) is 30.2 Å². The van der Waals surface area contributed by atoms with Crippen molar-refractivity contribution in [3.05, 3.63) is 108 Å². The largest absolute Gasteiger partial charge is 0.463 e. The number of hydrogen-bond acceptors (Lipinski definition) is 3. The van der Waals surface area contributed by atoms with Crippen LogP contribution in [0.25, 0.3) is 11.1 Å². The van der Waals surface area contributed by atoms with Gasteiger partial charge in [0.2, 0.25) is 0 Å². The lowest BCUT2D eigenvalue weighted by atomic mass is 10.1. The first kappa shape index (κ1) is 18.9. The van der Waals surface area contributed by atoms with Crippen molar-refractivity contribution in [1.29, 1.82) is 0 Å². The van der Waals surface area contributed by atoms with Gasteiger partial charge in [0.15, 0.2) is 11.4 Å². The molecular weight excluding hydrogens is 388 g/mol. The summed E-state index contributed by atoms with van der Waals surface area (Å²) in [4.78, 5) is 13.1. The maximum absolute atomic E-state index is 13.1. The van der Waals surface area contributed by atoms with E-state index in [2.05, 4.69) is 29.5 Å². The number of hydrogen-bond donors (Lipinski definition) is 1. The van der Waals surface area contributed by atoms with Gasteiger partial charge >= 0.3 is 0 Å². The maximum atomic E-state index is 13.1. The summed E-state index contributed by atoms with van der Waals surface area (Å²) in [7, 11) is 0. The fourth-order valence-electron chi connectivity index (χ4n) is 3.76. The Morgan fingerprint density at radius 3 is 2.65 bits per heavy atom. The molecule has 3 heterocycles. The number of carbonyl (C=O) groups is 1. The van der Waals surface area contributed by atoms with Crippen molar-refractivity contribution in [1.82, 2.24) is 14.3 Å². The summed E-state index contributed by atoms with van der Waals surface area (Å²) in [6, 6.07) is 23.7. The molecule has 0 saturated carbocycles. The predicted molar refractivity (Wildman–Crippen MR) is 120 cm³/mol. The summed E-state index contributed by atoms with van der Waals surface area (Å²) in [5, 5.41) is 7.41. The Bertz CT molecular complexity index is 1340. The zero-order chi connectivity index (χ0) is 21.2. The highest BCUT2D eigenvalue weighted by Crippen LogP contribution is 2.24. The summed E-state index contributed by atoms with van der Waals surface area (Å²) in [6.45, 7) is 3.30. The molecule has 0 atom stereocenters. The minimum absolute atomic E-state index is 0.218. The predicted octanol–water partition coefficient (Wildman–Crippen LogP) is 5.09. The second kappa shape index (κ2) is 7.99. The number of benzene rings is 2. The van der Waals surface area contributed by atoms with Crippen LogP contribution in [0, 0.1) is 6.92 Å². The number of amides is 1. The third-order valence-electron chi connectivity index (χ3n) is 5.41. The van der Waals surface area contributed by atoms with E-state index in [1.165, 1.54) is 5.56 Å². The first-order chi connectivity index (χ1) is 15.2. The van der Waals surface area contributed by atoms with E-state index < -0.39 is 0 Å². The number of rotatable bonds is 6. The SMILES string of the molecule is Cc1ccccc1Cn1c(C(=O)Nc2ccn(Cc3ccccc3)n2)cc2occc21. The van der Waals surface area contributed by atoms with Crippen LogP contribution >= 0.6 is 0 Å². The molecule has 1 N–H and O–H groups in total. The van der Waals surface area contributed by atoms with Gasteiger partial charge in [0.25, 0.3) is 5.91 Å². The molecule has 0 saturated heterocycles. The molecule has 6 heteroatoms. The molecule has 154 valence electrons. The Morgan fingerprint density at radius 1 is 1.00 bits per heavy atom. The van der Waals surface area contributed by atoms with Crippen LogP contribution in [0.1, 0.15) is 27.2 Å². The average Bonchev–Trinajstić information content (AvgIpc) is 3.48. The van der Waals surface area contributed by atoms with Gasteiger partial charge in [0.05, 0.1) is 18.3 Å². The second-order valence-electron chi connectivity index (χ2n) is 7.55. The van der Waals surface area contributed by atoms with Gasteiger partial charge in [-0.05, 0) is 23.6 Å². The lowest BCUT2D eigenvalue weighted by molar-refractivity contribution is 0.101. The quantitative estimate of drug-likeness (QED) is 0.424. The summed E-state index contributed by atoms with van der Waals surface area (Å²) in [6.07, 6.45) is 3.51. The molecule has 1 amide bonds. The van der Waals surface area contributed by atoms with Crippen molar-refractivity contribution in [3.63, 3.8) is 0 Å². The number of fused-ring (bicyclic) bond motifs is 1. The molecule has 0 aliphatic rings. The first-order valence-electron chi connectivity index (χ1n) is 10.2. The van der Waals surface area contributed by atoms with Gasteiger partial charge in [0.1, 0.15) is 5.69 Å². The van der Waals surface area contributed by atoms with E-state index in [1.807, 2.05) is 64.0 Å². The van der Waals surface area contributed by atoms with E-state index in [4.69, 9.17) is 4.42 Å². The van der Waals surface area contributed by atoms with Crippen LogP contribution in [-0.2, 0) is 13.1 Å². The fourth-order valence-corrected chi connectivity index (χ4v) is 3.76. The zero-order valence-electron chi connectivity index (χ0n) is 17.2. The van der Waals surface area contributed by atoms with Crippen molar-refractivity contribution in [2.45, 2.75) is 20.0 Å². The van der Waals surface area contributed by atoms with Crippen LogP contribution in [-0.4, -0.2) is 20.3 Å². The zero-order valence-corrected chi connectivity index (χ0v) is 17.2. The number of furan rings is 1. The number of aromatic nitrogens is 3. The second-order valence-corrected chi connectivity index (χ2v) is 7.55. The topological polar surface area (TPSA) is 65.0 Å². The highest BCUT2D eigenvalue weighted by atomic mass is 16.3. The van der Waals surface area contributed by atoms with Crippen molar-refractivity contribution in [2.75, 3.05) is 5.32 Å². The van der Waals surface area contributed by atoms with E-state index in [0.717, 1.165) is 16.6 Å². The van der Waals surface area contributed by atoms with Crippen LogP contribution in [0.4, 0.5) is 5.82 Å². The molecule has 0 unspecified atom stereocenters. The van der Waals surface area contributed by atoms with Crippen molar-refractivity contribution >= 4 is 22.8 Å². The third-order valence-corrected chi connectivity index (χ3v) is 5.41. The minimum Gasteiger partial charge on any atom is -0.463 e. The van der Waals surface area contributed by atoms with E-state index in [1.54, 1.807) is 18.4 Å². The van der Waals surface area contributed by atoms with Gasteiger partial charge in [-0.3, -0.25) is 9.48 Å². The van der Waals surface area contributed by atoms with Gasteiger partial charge in [-0.25, -0.2) is 0 Å². The van der Waals surface area contributed by atoms with Crippen molar-refractivity contribution < 1.29 is 9.21 Å². The summed E-state index contributed by atoms with van der Waals surface area (Å²) < 4.78 is 9.35. The molecule has 0 aliphatic carbocycles. The monoisotopic (exact) mass is 410 g/mol. The van der Waals surface area contributed by atoms with Crippen LogP contribution in [0.2, 0.25) is 0 Å².